The van der Waals surface area contributed by atoms with Crippen molar-refractivity contribution in [2.24, 2.45) is 0 Å². The Kier molecular flexibility index (Phi) is 2.28. The van der Waals surface area contributed by atoms with Gasteiger partial charge in [-0.05, 0) is 47.4 Å². The number of ether oxygens (including phenoxy) is 3. The number of hydrogen-bond acceptors (Lipinski definition) is 4. The van der Waals surface area contributed by atoms with E-state index in [1.165, 1.54) is 0 Å². The molecule has 3 atom stereocenters. The van der Waals surface area contributed by atoms with E-state index < -0.39 is 11.2 Å². The van der Waals surface area contributed by atoms with Gasteiger partial charge >= 0.3 is 0 Å². The number of hydrogen-bond donors (Lipinski definition) is 1. The topological polar surface area (TPSA) is 47.9 Å². The van der Waals surface area contributed by atoms with Crippen LogP contribution in [-0.4, -0.2) is 23.6 Å². The first-order valence-corrected chi connectivity index (χ1v) is 8.46. The van der Waals surface area contributed by atoms with Crippen LogP contribution >= 0.6 is 0 Å². The van der Waals surface area contributed by atoms with Crippen LogP contribution < -0.4 is 9.47 Å². The third-order valence-corrected chi connectivity index (χ3v) is 5.86. The fourth-order valence-electron chi connectivity index (χ4n) is 4.68. The Bertz CT molecular complexity index is 986. The van der Waals surface area contributed by atoms with Gasteiger partial charge in [-0.1, -0.05) is 36.4 Å². The zero-order valence-electron chi connectivity index (χ0n) is 13.7. The summed E-state index contributed by atoms with van der Waals surface area (Å²) in [7, 11) is 0. The van der Waals surface area contributed by atoms with Crippen LogP contribution in [0.1, 0.15) is 23.6 Å². The van der Waals surface area contributed by atoms with Gasteiger partial charge in [-0.2, -0.15) is 0 Å². The molecular weight excluding hydrogens is 316 g/mol. The van der Waals surface area contributed by atoms with E-state index in [2.05, 4.69) is 12.1 Å². The molecule has 1 spiro atoms. The normalized spacial score (nSPS) is 33.1. The first-order chi connectivity index (χ1) is 12.1. The monoisotopic (exact) mass is 332 g/mol. The summed E-state index contributed by atoms with van der Waals surface area (Å²) >= 11 is 0. The third kappa shape index (κ3) is 1.42. The lowest BCUT2D eigenvalue weighted by Gasteiger charge is -2.34. The second kappa shape index (κ2) is 4.15. The van der Waals surface area contributed by atoms with E-state index in [-0.39, 0.29) is 12.9 Å². The van der Waals surface area contributed by atoms with Crippen LogP contribution in [0.25, 0.3) is 11.1 Å². The Morgan fingerprint density at radius 1 is 1.08 bits per heavy atom. The maximum Gasteiger partial charge on any atom is 0.231 e. The molecule has 0 amide bonds. The average molecular weight is 332 g/mol. The van der Waals surface area contributed by atoms with E-state index in [0.29, 0.717) is 5.75 Å². The van der Waals surface area contributed by atoms with Crippen molar-refractivity contribution < 1.29 is 19.3 Å². The molecule has 0 aromatic heterocycles. The van der Waals surface area contributed by atoms with Crippen molar-refractivity contribution in [2.75, 3.05) is 6.79 Å². The van der Waals surface area contributed by atoms with Crippen LogP contribution in [0.15, 0.2) is 54.6 Å². The lowest BCUT2D eigenvalue weighted by molar-refractivity contribution is -0.101. The molecule has 25 heavy (non-hydrogen) atoms. The molecule has 4 aliphatic rings. The van der Waals surface area contributed by atoms with Crippen molar-refractivity contribution in [2.45, 2.75) is 24.2 Å². The Balaban J connectivity index is 1.70. The van der Waals surface area contributed by atoms with Crippen LogP contribution in [0.2, 0.25) is 0 Å². The minimum atomic E-state index is -1.17. The van der Waals surface area contributed by atoms with Gasteiger partial charge in [-0.15, -0.1) is 0 Å². The molecule has 6 rings (SSSR count). The summed E-state index contributed by atoms with van der Waals surface area (Å²) in [5.41, 5.74) is 3.09. The molecule has 0 radical (unpaired) electrons. The summed E-state index contributed by atoms with van der Waals surface area (Å²) in [6, 6.07) is 14.1. The maximum atomic E-state index is 11.5. The highest BCUT2D eigenvalue weighted by Gasteiger charge is 2.65. The van der Waals surface area contributed by atoms with E-state index in [9.17, 15) is 5.11 Å². The van der Waals surface area contributed by atoms with E-state index in [0.717, 1.165) is 33.6 Å². The molecule has 0 fully saturated rings. The molecule has 2 aromatic rings. The van der Waals surface area contributed by atoms with Crippen molar-refractivity contribution in [3.8, 4) is 11.5 Å². The first kappa shape index (κ1) is 13.7. The van der Waals surface area contributed by atoms with Crippen molar-refractivity contribution in [3.05, 3.63) is 71.3 Å². The van der Waals surface area contributed by atoms with Gasteiger partial charge in [0.2, 0.25) is 6.79 Å². The molecule has 3 aliphatic heterocycles. The van der Waals surface area contributed by atoms with E-state index in [4.69, 9.17) is 14.2 Å². The lowest BCUT2D eigenvalue weighted by atomic mass is 9.79. The highest BCUT2D eigenvalue weighted by atomic mass is 16.7. The van der Waals surface area contributed by atoms with E-state index >= 15 is 0 Å². The lowest BCUT2D eigenvalue weighted by Crippen LogP contribution is -2.44. The molecule has 4 heteroatoms. The molecule has 124 valence electrons. The number of aliphatic hydroxyl groups is 1. The van der Waals surface area contributed by atoms with Crippen molar-refractivity contribution in [3.63, 3.8) is 0 Å². The average Bonchev–Trinajstić information content (AvgIpc) is 3.36. The van der Waals surface area contributed by atoms with Gasteiger partial charge in [0.15, 0.2) is 11.5 Å². The summed E-state index contributed by atoms with van der Waals surface area (Å²) in [6.07, 6.45) is 3.92. The highest BCUT2D eigenvalue weighted by molar-refractivity contribution is 6.05. The molecule has 4 nitrogen and oxygen atoms in total. The molecule has 2 aromatic carbocycles. The van der Waals surface area contributed by atoms with Crippen LogP contribution in [0.5, 0.6) is 11.5 Å². The van der Waals surface area contributed by atoms with Gasteiger partial charge in [0.25, 0.3) is 0 Å². The van der Waals surface area contributed by atoms with E-state index in [1.807, 2.05) is 49.4 Å². The number of benzene rings is 2. The largest absolute Gasteiger partial charge is 0.454 e. The van der Waals surface area contributed by atoms with Gasteiger partial charge in [-0.3, -0.25) is 0 Å². The number of fused-ring (bicyclic) bond motifs is 4. The third-order valence-electron chi connectivity index (χ3n) is 5.86. The van der Waals surface area contributed by atoms with Gasteiger partial charge < -0.3 is 19.3 Å². The second-order valence-corrected chi connectivity index (χ2v) is 7.11. The maximum absolute atomic E-state index is 11.5. The molecule has 3 heterocycles. The fraction of sp³-hybridized carbons (Fsp3) is 0.238. The van der Waals surface area contributed by atoms with Crippen LogP contribution in [-0.2, 0) is 10.3 Å². The van der Waals surface area contributed by atoms with Crippen molar-refractivity contribution in [1.29, 1.82) is 0 Å². The van der Waals surface area contributed by atoms with Gasteiger partial charge in [-0.25, -0.2) is 0 Å². The zero-order valence-corrected chi connectivity index (χ0v) is 13.7. The summed E-state index contributed by atoms with van der Waals surface area (Å²) < 4.78 is 17.5. The molecule has 0 unspecified atom stereocenters. The van der Waals surface area contributed by atoms with Crippen molar-refractivity contribution >= 4 is 11.1 Å². The summed E-state index contributed by atoms with van der Waals surface area (Å²) in [5, 5.41) is 11.5. The Hall–Kier alpha value is -2.56. The molecule has 1 N–H and O–H groups in total. The summed E-state index contributed by atoms with van der Waals surface area (Å²) in [5.74, 6) is 1.40. The predicted molar refractivity (Wildman–Crippen MR) is 92.1 cm³/mol. The quantitative estimate of drug-likeness (QED) is 0.815. The van der Waals surface area contributed by atoms with Crippen molar-refractivity contribution in [1.82, 2.24) is 0 Å². The molecule has 2 bridgehead atoms. The van der Waals surface area contributed by atoms with Gasteiger partial charge in [0.1, 0.15) is 17.3 Å². The first-order valence-electron chi connectivity index (χ1n) is 8.46. The molecule has 0 saturated carbocycles. The van der Waals surface area contributed by atoms with Crippen LogP contribution in [0, 0.1) is 0 Å². The standard InChI is InChI=1S/C21H16O4/c1-20(22)14-10-17-16(23-11-24-17)9-13(14)19-18(12-5-3-2-4-6-12)15-7-8-21(19,20)25-15/h2-10,15,22H,11H2,1H3/t15-,20-,21+/m0/s1. The highest BCUT2D eigenvalue weighted by Crippen LogP contribution is 2.65. The van der Waals surface area contributed by atoms with E-state index in [1.54, 1.807) is 0 Å². The van der Waals surface area contributed by atoms with Crippen LogP contribution in [0.4, 0.5) is 0 Å². The fourth-order valence-corrected chi connectivity index (χ4v) is 4.68. The summed E-state index contributed by atoms with van der Waals surface area (Å²) in [6.45, 7) is 2.04. The van der Waals surface area contributed by atoms with Gasteiger partial charge in [0, 0.05) is 5.57 Å². The van der Waals surface area contributed by atoms with Crippen LogP contribution in [0.3, 0.4) is 0 Å². The minimum Gasteiger partial charge on any atom is -0.454 e. The Labute approximate surface area is 145 Å². The summed E-state index contributed by atoms with van der Waals surface area (Å²) in [4.78, 5) is 0. The van der Waals surface area contributed by atoms with Gasteiger partial charge in [0.05, 0.1) is 0 Å². The minimum absolute atomic E-state index is 0.137. The Morgan fingerprint density at radius 3 is 2.64 bits per heavy atom. The Morgan fingerprint density at radius 2 is 1.84 bits per heavy atom. The SMILES string of the molecule is C[C@]1(O)c2cc3c(cc2C2=C(c4ccccc4)[C@@H]4C=C[C@@]21O4)OCO3. The molecule has 0 saturated heterocycles. The molecule has 1 aliphatic carbocycles. The molecular formula is C21H16O4. The number of rotatable bonds is 1. The second-order valence-electron chi connectivity index (χ2n) is 7.11. The zero-order chi connectivity index (χ0) is 16.8. The predicted octanol–water partition coefficient (Wildman–Crippen LogP) is 3.25. The smallest absolute Gasteiger partial charge is 0.231 e.